The molecule has 2 rings (SSSR count). The SMILES string of the molecule is COC(=O)C[C@H](NS(=O)(=O)Cc1ccccc1)c1ccc(OC)c(OC)c1. The molecule has 0 bridgehead atoms. The summed E-state index contributed by atoms with van der Waals surface area (Å²) in [7, 11) is 0.544. The Bertz CT molecular complexity index is 867. The standard InChI is InChI=1S/C19H23NO6S/c1-24-17-10-9-15(11-18(17)25-2)16(12-19(21)26-3)20-27(22,23)13-14-7-5-4-6-8-14/h4-11,16,20H,12-13H2,1-3H3/t16-/m0/s1. The molecule has 27 heavy (non-hydrogen) atoms. The monoisotopic (exact) mass is 393 g/mol. The van der Waals surface area contributed by atoms with E-state index in [-0.39, 0.29) is 12.2 Å². The molecule has 2 aromatic rings. The van der Waals surface area contributed by atoms with Crippen LogP contribution in [0, 0.1) is 0 Å². The number of benzene rings is 2. The average molecular weight is 393 g/mol. The maximum atomic E-state index is 12.6. The first kappa shape index (κ1) is 20.7. The first-order chi connectivity index (χ1) is 12.9. The lowest BCUT2D eigenvalue weighted by molar-refractivity contribution is -0.141. The fraction of sp³-hybridized carbons (Fsp3) is 0.316. The number of ether oxygens (including phenoxy) is 3. The van der Waals surface area contributed by atoms with Crippen LogP contribution >= 0.6 is 0 Å². The molecule has 146 valence electrons. The zero-order valence-corrected chi connectivity index (χ0v) is 16.3. The molecule has 2 aromatic carbocycles. The highest BCUT2D eigenvalue weighted by atomic mass is 32.2. The van der Waals surface area contributed by atoms with Crippen molar-refractivity contribution in [2.75, 3.05) is 21.3 Å². The summed E-state index contributed by atoms with van der Waals surface area (Å²) in [4.78, 5) is 11.8. The molecule has 0 aromatic heterocycles. The van der Waals surface area contributed by atoms with Gasteiger partial charge < -0.3 is 14.2 Å². The lowest BCUT2D eigenvalue weighted by atomic mass is 10.0. The topological polar surface area (TPSA) is 90.9 Å². The second-order valence-electron chi connectivity index (χ2n) is 5.81. The number of rotatable bonds is 9. The van der Waals surface area contributed by atoms with E-state index in [1.54, 1.807) is 42.5 Å². The Kier molecular flexibility index (Phi) is 7.20. The summed E-state index contributed by atoms with van der Waals surface area (Å²) in [5.41, 5.74) is 1.21. The van der Waals surface area contributed by atoms with Crippen molar-refractivity contribution in [3.05, 3.63) is 59.7 Å². The highest BCUT2D eigenvalue weighted by Crippen LogP contribution is 2.31. The molecule has 0 radical (unpaired) electrons. The largest absolute Gasteiger partial charge is 0.493 e. The molecule has 0 aliphatic heterocycles. The van der Waals surface area contributed by atoms with Gasteiger partial charge in [0.05, 0.1) is 39.5 Å². The van der Waals surface area contributed by atoms with E-state index in [0.29, 0.717) is 22.6 Å². The lowest BCUT2D eigenvalue weighted by Crippen LogP contribution is -2.31. The smallest absolute Gasteiger partial charge is 0.307 e. The summed E-state index contributed by atoms with van der Waals surface area (Å²) < 4.78 is 43.0. The van der Waals surface area contributed by atoms with Crippen molar-refractivity contribution in [2.24, 2.45) is 0 Å². The minimum atomic E-state index is -3.70. The molecule has 1 atom stereocenters. The van der Waals surface area contributed by atoms with Gasteiger partial charge in [0.1, 0.15) is 0 Å². The van der Waals surface area contributed by atoms with E-state index >= 15 is 0 Å². The molecule has 7 nitrogen and oxygen atoms in total. The Morgan fingerprint density at radius 2 is 1.67 bits per heavy atom. The molecule has 0 saturated heterocycles. The van der Waals surface area contributed by atoms with E-state index in [4.69, 9.17) is 14.2 Å². The first-order valence-corrected chi connectivity index (χ1v) is 9.86. The number of esters is 1. The number of sulfonamides is 1. The van der Waals surface area contributed by atoms with Crippen LogP contribution in [-0.2, 0) is 25.3 Å². The van der Waals surface area contributed by atoms with Crippen LogP contribution in [0.3, 0.4) is 0 Å². The normalized spacial score (nSPS) is 12.3. The number of carbonyl (C=O) groups excluding carboxylic acids is 1. The Balaban J connectivity index is 2.30. The van der Waals surface area contributed by atoms with Crippen LogP contribution in [0.15, 0.2) is 48.5 Å². The maximum Gasteiger partial charge on any atom is 0.307 e. The molecule has 0 fully saturated rings. The van der Waals surface area contributed by atoms with Gasteiger partial charge in [0.2, 0.25) is 10.0 Å². The Hall–Kier alpha value is -2.58. The zero-order valence-electron chi connectivity index (χ0n) is 15.5. The minimum absolute atomic E-state index is 0.153. The lowest BCUT2D eigenvalue weighted by Gasteiger charge is -2.20. The number of carbonyl (C=O) groups is 1. The van der Waals surface area contributed by atoms with Gasteiger partial charge in [-0.15, -0.1) is 0 Å². The van der Waals surface area contributed by atoms with Gasteiger partial charge in [-0.05, 0) is 23.3 Å². The summed E-state index contributed by atoms with van der Waals surface area (Å²) in [6.07, 6.45) is -0.153. The van der Waals surface area contributed by atoms with E-state index in [1.807, 2.05) is 6.07 Å². The van der Waals surface area contributed by atoms with Crippen molar-refractivity contribution >= 4 is 16.0 Å². The first-order valence-electron chi connectivity index (χ1n) is 8.21. The summed E-state index contributed by atoms with van der Waals surface area (Å²) in [5, 5.41) is 0. The fourth-order valence-electron chi connectivity index (χ4n) is 2.60. The maximum absolute atomic E-state index is 12.6. The fourth-order valence-corrected chi connectivity index (χ4v) is 3.97. The van der Waals surface area contributed by atoms with Crippen molar-refractivity contribution in [2.45, 2.75) is 18.2 Å². The molecule has 1 N–H and O–H groups in total. The molecule has 0 spiro atoms. The van der Waals surface area contributed by atoms with E-state index < -0.39 is 22.0 Å². The van der Waals surface area contributed by atoms with Gasteiger partial charge in [-0.25, -0.2) is 13.1 Å². The van der Waals surface area contributed by atoms with Crippen molar-refractivity contribution < 1.29 is 27.4 Å². The van der Waals surface area contributed by atoms with E-state index in [9.17, 15) is 13.2 Å². The average Bonchev–Trinajstić information content (AvgIpc) is 2.66. The molecule has 8 heteroatoms. The quantitative estimate of drug-likeness (QED) is 0.658. The van der Waals surface area contributed by atoms with Crippen molar-refractivity contribution in [3.8, 4) is 11.5 Å². The van der Waals surface area contributed by atoms with Crippen LogP contribution in [0.5, 0.6) is 11.5 Å². The van der Waals surface area contributed by atoms with Crippen LogP contribution in [-0.4, -0.2) is 35.7 Å². The summed E-state index contributed by atoms with van der Waals surface area (Å²) in [6, 6.07) is 13.0. The van der Waals surface area contributed by atoms with E-state index in [1.165, 1.54) is 21.3 Å². The van der Waals surface area contributed by atoms with Crippen LogP contribution in [0.25, 0.3) is 0 Å². The zero-order chi connectivity index (χ0) is 19.9. The third-order valence-electron chi connectivity index (χ3n) is 3.93. The Morgan fingerprint density at radius 1 is 1.00 bits per heavy atom. The molecule has 0 aliphatic rings. The van der Waals surface area contributed by atoms with Crippen molar-refractivity contribution in [3.63, 3.8) is 0 Å². The number of hydrogen-bond donors (Lipinski definition) is 1. The molecule has 0 heterocycles. The third kappa shape index (κ3) is 5.97. The molecule has 0 saturated carbocycles. The minimum Gasteiger partial charge on any atom is -0.493 e. The molecular formula is C19H23NO6S. The molecular weight excluding hydrogens is 370 g/mol. The predicted octanol–water partition coefficient (Wildman–Crippen LogP) is 2.43. The van der Waals surface area contributed by atoms with Crippen LogP contribution in [0.2, 0.25) is 0 Å². The second-order valence-corrected chi connectivity index (χ2v) is 7.56. The van der Waals surface area contributed by atoms with E-state index in [2.05, 4.69) is 4.72 Å². The molecule has 0 aliphatic carbocycles. The number of nitrogens with one attached hydrogen (secondary N) is 1. The third-order valence-corrected chi connectivity index (χ3v) is 5.29. The number of methoxy groups -OCH3 is 3. The highest BCUT2D eigenvalue weighted by Gasteiger charge is 2.24. The van der Waals surface area contributed by atoms with Crippen LogP contribution < -0.4 is 14.2 Å². The summed E-state index contributed by atoms with van der Waals surface area (Å²) in [6.45, 7) is 0. The van der Waals surface area contributed by atoms with Gasteiger partial charge in [0, 0.05) is 0 Å². The Labute approximate surface area is 159 Å². The van der Waals surface area contributed by atoms with Gasteiger partial charge in [0.25, 0.3) is 0 Å². The summed E-state index contributed by atoms with van der Waals surface area (Å²) in [5.74, 6) is 0.216. The van der Waals surface area contributed by atoms with Gasteiger partial charge in [-0.1, -0.05) is 36.4 Å². The van der Waals surface area contributed by atoms with Crippen LogP contribution in [0.1, 0.15) is 23.6 Å². The number of hydrogen-bond acceptors (Lipinski definition) is 6. The van der Waals surface area contributed by atoms with Gasteiger partial charge in [-0.3, -0.25) is 4.79 Å². The van der Waals surface area contributed by atoms with Gasteiger partial charge in [0.15, 0.2) is 11.5 Å². The Morgan fingerprint density at radius 3 is 2.26 bits per heavy atom. The molecule has 0 amide bonds. The summed E-state index contributed by atoms with van der Waals surface area (Å²) >= 11 is 0. The van der Waals surface area contributed by atoms with Crippen LogP contribution in [0.4, 0.5) is 0 Å². The molecule has 0 unspecified atom stereocenters. The van der Waals surface area contributed by atoms with E-state index in [0.717, 1.165) is 0 Å². The van der Waals surface area contributed by atoms with Crippen molar-refractivity contribution in [1.82, 2.24) is 4.72 Å². The van der Waals surface area contributed by atoms with Crippen molar-refractivity contribution in [1.29, 1.82) is 0 Å². The predicted molar refractivity (Wildman–Crippen MR) is 101 cm³/mol. The highest BCUT2D eigenvalue weighted by molar-refractivity contribution is 7.88. The van der Waals surface area contributed by atoms with Gasteiger partial charge >= 0.3 is 5.97 Å². The second kappa shape index (κ2) is 9.38. The van der Waals surface area contributed by atoms with Gasteiger partial charge in [-0.2, -0.15) is 0 Å².